The van der Waals surface area contributed by atoms with Gasteiger partial charge in [0, 0.05) is 17.9 Å². The molecule has 1 unspecified atom stereocenters. The molecule has 0 radical (unpaired) electrons. The first-order valence-electron chi connectivity index (χ1n) is 4.70. The van der Waals surface area contributed by atoms with Gasteiger partial charge in [0.15, 0.2) is 0 Å². The highest BCUT2D eigenvalue weighted by atomic mass is 79.9. The zero-order chi connectivity index (χ0) is 10.0. The van der Waals surface area contributed by atoms with Crippen molar-refractivity contribution in [2.24, 2.45) is 11.7 Å². The number of nitrogens with zero attached hydrogens (tertiary/aromatic N) is 1. The van der Waals surface area contributed by atoms with Gasteiger partial charge in [-0.05, 0) is 12.3 Å². The smallest absolute Gasteiger partial charge is 0.239 e. The second-order valence-corrected chi connectivity index (χ2v) is 5.23. The zero-order valence-corrected chi connectivity index (χ0v) is 9.75. The topological polar surface area (TPSA) is 46.3 Å². The second kappa shape index (κ2) is 4.42. The molecule has 0 aromatic carbocycles. The number of carbonyl (C=O) groups is 1. The molecule has 13 heavy (non-hydrogen) atoms. The van der Waals surface area contributed by atoms with Gasteiger partial charge in [-0.15, -0.1) is 0 Å². The molecular weight excluding hydrogens is 232 g/mol. The molecule has 3 nitrogen and oxygen atoms in total. The van der Waals surface area contributed by atoms with Gasteiger partial charge in [-0.25, -0.2) is 0 Å². The van der Waals surface area contributed by atoms with Crippen molar-refractivity contribution >= 4 is 21.8 Å². The Labute approximate surface area is 87.8 Å². The molecule has 1 rings (SSSR count). The summed E-state index contributed by atoms with van der Waals surface area (Å²) in [5.41, 5.74) is 5.78. The summed E-state index contributed by atoms with van der Waals surface area (Å²) in [6.45, 7) is 5.60. The molecule has 0 spiro atoms. The third kappa shape index (κ3) is 2.68. The molecule has 1 aliphatic rings. The first-order valence-corrected chi connectivity index (χ1v) is 5.62. The maximum absolute atomic E-state index is 11.7. The van der Waals surface area contributed by atoms with E-state index in [1.807, 2.05) is 18.7 Å². The minimum atomic E-state index is -0.335. The van der Waals surface area contributed by atoms with Crippen LogP contribution in [0.3, 0.4) is 0 Å². The number of carbonyl (C=O) groups excluding carboxylic acids is 1. The largest absolute Gasteiger partial charge is 0.340 e. The van der Waals surface area contributed by atoms with Crippen LogP contribution in [-0.2, 0) is 4.79 Å². The summed E-state index contributed by atoms with van der Waals surface area (Å²) >= 11 is 3.50. The van der Waals surface area contributed by atoms with E-state index < -0.39 is 0 Å². The predicted octanol–water partition coefficient (Wildman–Crippen LogP) is 0.965. The van der Waals surface area contributed by atoms with Crippen LogP contribution >= 0.6 is 15.9 Å². The Morgan fingerprint density at radius 2 is 2.23 bits per heavy atom. The summed E-state index contributed by atoms with van der Waals surface area (Å²) in [4.78, 5) is 14.0. The zero-order valence-electron chi connectivity index (χ0n) is 8.16. The molecular formula is C9H17BrN2O. The van der Waals surface area contributed by atoms with Crippen molar-refractivity contribution < 1.29 is 4.79 Å². The molecule has 76 valence electrons. The Hall–Kier alpha value is -0.0900. The van der Waals surface area contributed by atoms with Crippen LogP contribution < -0.4 is 5.73 Å². The number of amides is 1. The first-order chi connectivity index (χ1) is 6.02. The van der Waals surface area contributed by atoms with Crippen molar-refractivity contribution in [3.63, 3.8) is 0 Å². The van der Waals surface area contributed by atoms with Gasteiger partial charge >= 0.3 is 0 Å². The lowest BCUT2D eigenvalue weighted by molar-refractivity contribution is -0.132. The van der Waals surface area contributed by atoms with Gasteiger partial charge in [0.1, 0.15) is 0 Å². The summed E-state index contributed by atoms with van der Waals surface area (Å²) in [7, 11) is 0. The predicted molar refractivity (Wildman–Crippen MR) is 56.7 cm³/mol. The Kier molecular flexibility index (Phi) is 3.74. The van der Waals surface area contributed by atoms with E-state index in [0.29, 0.717) is 4.83 Å². The quantitative estimate of drug-likeness (QED) is 0.741. The van der Waals surface area contributed by atoms with E-state index in [0.717, 1.165) is 19.5 Å². The number of rotatable bonds is 2. The lowest BCUT2D eigenvalue weighted by Gasteiger charge is -2.22. The fourth-order valence-electron chi connectivity index (χ4n) is 1.41. The number of alkyl halides is 1. The third-order valence-electron chi connectivity index (χ3n) is 2.45. The van der Waals surface area contributed by atoms with Gasteiger partial charge in [0.05, 0.1) is 6.04 Å². The molecule has 2 N–H and O–H groups in total. The highest BCUT2D eigenvalue weighted by molar-refractivity contribution is 9.09. The van der Waals surface area contributed by atoms with Crippen LogP contribution in [-0.4, -0.2) is 34.8 Å². The molecule has 1 aliphatic heterocycles. The van der Waals surface area contributed by atoms with E-state index in [2.05, 4.69) is 15.9 Å². The summed E-state index contributed by atoms with van der Waals surface area (Å²) in [5.74, 6) is 0.318. The average Bonchev–Trinajstić information content (AvgIpc) is 2.49. The first kappa shape index (κ1) is 11.0. The van der Waals surface area contributed by atoms with Crippen molar-refractivity contribution in [1.29, 1.82) is 0 Å². The molecule has 0 bridgehead atoms. The lowest BCUT2D eigenvalue weighted by Crippen LogP contribution is -2.45. The molecule has 0 aromatic rings. The van der Waals surface area contributed by atoms with Crippen molar-refractivity contribution in [2.45, 2.75) is 31.1 Å². The van der Waals surface area contributed by atoms with Crippen LogP contribution in [0.25, 0.3) is 0 Å². The fourth-order valence-corrected chi connectivity index (χ4v) is 1.97. The molecule has 4 heteroatoms. The summed E-state index contributed by atoms with van der Waals surface area (Å²) in [6.07, 6.45) is 1.04. The number of hydrogen-bond acceptors (Lipinski definition) is 2. The van der Waals surface area contributed by atoms with Crippen LogP contribution in [0.1, 0.15) is 20.3 Å². The minimum Gasteiger partial charge on any atom is -0.340 e. The van der Waals surface area contributed by atoms with E-state index in [4.69, 9.17) is 5.73 Å². The molecule has 0 saturated carbocycles. The van der Waals surface area contributed by atoms with E-state index in [-0.39, 0.29) is 17.9 Å². The van der Waals surface area contributed by atoms with Crippen molar-refractivity contribution in [2.75, 3.05) is 13.1 Å². The van der Waals surface area contributed by atoms with Crippen LogP contribution in [0, 0.1) is 5.92 Å². The van der Waals surface area contributed by atoms with Gasteiger partial charge < -0.3 is 10.6 Å². The molecule has 0 aromatic heterocycles. The van der Waals surface area contributed by atoms with Crippen molar-refractivity contribution in [3.8, 4) is 0 Å². The maximum Gasteiger partial charge on any atom is 0.239 e. The Morgan fingerprint density at radius 1 is 1.62 bits per heavy atom. The Morgan fingerprint density at radius 3 is 2.62 bits per heavy atom. The van der Waals surface area contributed by atoms with Crippen LogP contribution in [0.15, 0.2) is 0 Å². The van der Waals surface area contributed by atoms with Gasteiger partial charge in [-0.1, -0.05) is 29.8 Å². The minimum absolute atomic E-state index is 0.0944. The van der Waals surface area contributed by atoms with Crippen LogP contribution in [0.5, 0.6) is 0 Å². The molecule has 1 heterocycles. The Bertz CT molecular complexity index is 196. The molecule has 1 saturated heterocycles. The molecule has 0 aliphatic carbocycles. The fraction of sp³-hybridized carbons (Fsp3) is 0.889. The second-order valence-electron chi connectivity index (χ2n) is 3.94. The highest BCUT2D eigenvalue weighted by Gasteiger charge is 2.28. The van der Waals surface area contributed by atoms with E-state index >= 15 is 0 Å². The van der Waals surface area contributed by atoms with Gasteiger partial charge in [0.25, 0.3) is 0 Å². The lowest BCUT2D eigenvalue weighted by atomic mass is 10.0. The Balaban J connectivity index is 2.48. The molecule has 2 atom stereocenters. The summed E-state index contributed by atoms with van der Waals surface area (Å²) < 4.78 is 0. The average molecular weight is 249 g/mol. The summed E-state index contributed by atoms with van der Waals surface area (Å²) in [6, 6.07) is -0.335. The SMILES string of the molecule is CC(C)C(N)C(=O)N1CC[C@H](Br)C1. The number of likely N-dealkylation sites (tertiary alicyclic amines) is 1. The maximum atomic E-state index is 11.7. The van der Waals surface area contributed by atoms with E-state index in [1.54, 1.807) is 0 Å². The van der Waals surface area contributed by atoms with Crippen LogP contribution in [0.2, 0.25) is 0 Å². The number of nitrogens with two attached hydrogens (primary N) is 1. The standard InChI is InChI=1S/C9H17BrN2O/c1-6(2)8(11)9(13)12-4-3-7(10)5-12/h6-8H,3-5,11H2,1-2H3/t7-,8?/m0/s1. The number of halogens is 1. The number of hydrogen-bond donors (Lipinski definition) is 1. The van der Waals surface area contributed by atoms with E-state index in [1.165, 1.54) is 0 Å². The van der Waals surface area contributed by atoms with Gasteiger partial charge in [0.2, 0.25) is 5.91 Å². The van der Waals surface area contributed by atoms with Gasteiger partial charge in [-0.3, -0.25) is 4.79 Å². The third-order valence-corrected chi connectivity index (χ3v) is 3.19. The highest BCUT2D eigenvalue weighted by Crippen LogP contribution is 2.18. The normalized spacial score (nSPS) is 25.3. The monoisotopic (exact) mass is 248 g/mol. The molecule has 1 amide bonds. The summed E-state index contributed by atoms with van der Waals surface area (Å²) in [5, 5.41) is 0. The van der Waals surface area contributed by atoms with Crippen molar-refractivity contribution in [1.82, 2.24) is 4.90 Å². The van der Waals surface area contributed by atoms with Gasteiger partial charge in [-0.2, -0.15) is 0 Å². The van der Waals surface area contributed by atoms with Crippen molar-refractivity contribution in [3.05, 3.63) is 0 Å². The van der Waals surface area contributed by atoms with Crippen LogP contribution in [0.4, 0.5) is 0 Å². The van der Waals surface area contributed by atoms with E-state index in [9.17, 15) is 4.79 Å². The molecule has 1 fully saturated rings.